The van der Waals surface area contributed by atoms with Gasteiger partial charge in [-0.1, -0.05) is 0 Å². The minimum absolute atomic E-state index is 0.193. The fraction of sp³-hybridized carbons (Fsp3) is 0.500. The minimum atomic E-state index is -1.16. The molecule has 0 radical (unpaired) electrons. The van der Waals surface area contributed by atoms with Gasteiger partial charge in [-0.25, -0.2) is 4.79 Å². The molecule has 9 heteroatoms. The maximum Gasteiger partial charge on any atom is 0.381 e. The number of imidazole rings is 1. The number of amides is 1. The molecule has 1 aliphatic rings. The van der Waals surface area contributed by atoms with Crippen molar-refractivity contribution < 1.29 is 19.6 Å². The maximum atomic E-state index is 11.7. The van der Waals surface area contributed by atoms with E-state index >= 15 is 0 Å². The highest BCUT2D eigenvalue weighted by molar-refractivity contribution is 5.89. The number of aryl methyl sites for hydroxylation is 1. The Morgan fingerprint density at radius 1 is 1.63 bits per heavy atom. The van der Waals surface area contributed by atoms with Crippen LogP contribution in [0, 0.1) is 17.0 Å². The highest BCUT2D eigenvalue weighted by Crippen LogP contribution is 2.35. The Hall–Kier alpha value is -2.45. The SMILES string of the molecule is Cc1nc([N+](=O)[O-])cn1CC(=O)NC1(C(=O)O)CC1. The normalized spacial score (nSPS) is 15.8. The molecule has 0 bridgehead atoms. The molecule has 2 rings (SSSR count). The maximum absolute atomic E-state index is 11.7. The molecule has 0 spiro atoms. The lowest BCUT2D eigenvalue weighted by Gasteiger charge is -2.12. The van der Waals surface area contributed by atoms with Crippen molar-refractivity contribution in [3.8, 4) is 0 Å². The summed E-state index contributed by atoms with van der Waals surface area (Å²) in [6.07, 6.45) is 1.95. The van der Waals surface area contributed by atoms with Crippen molar-refractivity contribution >= 4 is 17.7 Å². The average molecular weight is 268 g/mol. The number of carbonyl (C=O) groups is 2. The van der Waals surface area contributed by atoms with Crippen molar-refractivity contribution in [1.82, 2.24) is 14.9 Å². The van der Waals surface area contributed by atoms with Crippen LogP contribution in [0.15, 0.2) is 6.20 Å². The Labute approximate surface area is 107 Å². The second kappa shape index (κ2) is 4.34. The highest BCUT2D eigenvalue weighted by atomic mass is 16.6. The third kappa shape index (κ3) is 2.54. The second-order valence-corrected chi connectivity index (χ2v) is 4.47. The number of rotatable bonds is 5. The smallest absolute Gasteiger partial charge is 0.381 e. The molecule has 102 valence electrons. The Balaban J connectivity index is 2.03. The van der Waals surface area contributed by atoms with Gasteiger partial charge in [-0.05, 0) is 22.7 Å². The summed E-state index contributed by atoms with van der Waals surface area (Å²) in [6, 6.07) is 0. The fourth-order valence-electron chi connectivity index (χ4n) is 1.72. The van der Waals surface area contributed by atoms with Crippen molar-refractivity contribution in [2.75, 3.05) is 0 Å². The van der Waals surface area contributed by atoms with Crippen molar-refractivity contribution in [3.63, 3.8) is 0 Å². The monoisotopic (exact) mass is 268 g/mol. The second-order valence-electron chi connectivity index (χ2n) is 4.47. The fourth-order valence-corrected chi connectivity index (χ4v) is 1.72. The predicted molar refractivity (Wildman–Crippen MR) is 61.4 cm³/mol. The van der Waals surface area contributed by atoms with Crippen LogP contribution in [-0.2, 0) is 16.1 Å². The van der Waals surface area contributed by atoms with E-state index in [1.807, 2.05) is 0 Å². The highest BCUT2D eigenvalue weighted by Gasteiger charge is 2.51. The van der Waals surface area contributed by atoms with Crippen LogP contribution in [0.1, 0.15) is 18.7 Å². The quantitative estimate of drug-likeness (QED) is 0.563. The van der Waals surface area contributed by atoms with E-state index in [0.29, 0.717) is 18.7 Å². The Bertz CT molecular complexity index is 560. The summed E-state index contributed by atoms with van der Waals surface area (Å²) in [7, 11) is 0. The van der Waals surface area contributed by atoms with Crippen molar-refractivity contribution in [2.45, 2.75) is 31.8 Å². The van der Waals surface area contributed by atoms with Gasteiger partial charge in [0, 0.05) is 6.92 Å². The van der Waals surface area contributed by atoms with E-state index in [-0.39, 0.29) is 12.4 Å². The van der Waals surface area contributed by atoms with E-state index in [1.165, 1.54) is 11.5 Å². The van der Waals surface area contributed by atoms with E-state index in [0.717, 1.165) is 6.20 Å². The van der Waals surface area contributed by atoms with Crippen LogP contribution in [-0.4, -0.2) is 37.0 Å². The van der Waals surface area contributed by atoms with Crippen LogP contribution >= 0.6 is 0 Å². The van der Waals surface area contributed by atoms with Gasteiger partial charge in [0.25, 0.3) is 0 Å². The van der Waals surface area contributed by atoms with E-state index in [1.54, 1.807) is 0 Å². The van der Waals surface area contributed by atoms with Gasteiger partial charge in [-0.3, -0.25) is 9.36 Å². The lowest BCUT2D eigenvalue weighted by atomic mass is 10.3. The van der Waals surface area contributed by atoms with Crippen LogP contribution in [0.5, 0.6) is 0 Å². The number of nitrogens with zero attached hydrogens (tertiary/aromatic N) is 3. The van der Waals surface area contributed by atoms with Gasteiger partial charge < -0.3 is 20.5 Å². The molecular weight excluding hydrogens is 256 g/mol. The van der Waals surface area contributed by atoms with E-state index < -0.39 is 22.3 Å². The zero-order valence-corrected chi connectivity index (χ0v) is 10.1. The number of hydrogen-bond acceptors (Lipinski definition) is 5. The molecule has 0 aliphatic heterocycles. The van der Waals surface area contributed by atoms with Gasteiger partial charge in [0.1, 0.15) is 18.3 Å². The zero-order valence-electron chi connectivity index (χ0n) is 10.1. The number of aromatic nitrogens is 2. The number of carboxylic acids is 1. The molecule has 1 aromatic rings. The first kappa shape index (κ1) is 13.0. The summed E-state index contributed by atoms with van der Waals surface area (Å²) in [5.74, 6) is -1.59. The standard InChI is InChI=1S/C10H12N4O5/c1-6-11-7(14(18)19)4-13(6)5-8(15)12-10(2-3-10)9(16)17/h4H,2-3,5H2,1H3,(H,12,15)(H,16,17). The number of carboxylic acid groups (broad SMARTS) is 1. The number of carbonyl (C=O) groups excluding carboxylic acids is 1. The Kier molecular flexibility index (Phi) is 2.97. The lowest BCUT2D eigenvalue weighted by Crippen LogP contribution is -2.44. The van der Waals surface area contributed by atoms with Gasteiger partial charge in [0.2, 0.25) is 11.7 Å². The third-order valence-electron chi connectivity index (χ3n) is 3.00. The summed E-state index contributed by atoms with van der Waals surface area (Å²) in [5.41, 5.74) is -1.16. The molecule has 19 heavy (non-hydrogen) atoms. The van der Waals surface area contributed by atoms with Crippen molar-refractivity contribution in [2.24, 2.45) is 0 Å². The number of nitrogens with one attached hydrogen (secondary N) is 1. The summed E-state index contributed by atoms with van der Waals surface area (Å²) in [4.78, 5) is 36.2. The molecule has 1 amide bonds. The lowest BCUT2D eigenvalue weighted by molar-refractivity contribution is -0.389. The van der Waals surface area contributed by atoms with Crippen molar-refractivity contribution in [3.05, 3.63) is 22.1 Å². The van der Waals surface area contributed by atoms with Gasteiger partial charge in [-0.15, -0.1) is 0 Å². The molecule has 1 aromatic heterocycles. The molecule has 0 unspecified atom stereocenters. The van der Waals surface area contributed by atoms with Gasteiger partial charge in [0.05, 0.1) is 0 Å². The first-order chi connectivity index (χ1) is 8.84. The molecule has 1 saturated carbocycles. The predicted octanol–water partition coefficient (Wildman–Crippen LogP) is -0.167. The first-order valence-electron chi connectivity index (χ1n) is 5.57. The van der Waals surface area contributed by atoms with E-state index in [2.05, 4.69) is 10.3 Å². The van der Waals surface area contributed by atoms with Crippen LogP contribution in [0.3, 0.4) is 0 Å². The van der Waals surface area contributed by atoms with Crippen molar-refractivity contribution in [1.29, 1.82) is 0 Å². The number of nitro groups is 1. The molecule has 2 N–H and O–H groups in total. The van der Waals surface area contributed by atoms with Crippen LogP contribution in [0.4, 0.5) is 5.82 Å². The molecule has 1 heterocycles. The Morgan fingerprint density at radius 2 is 2.26 bits per heavy atom. The van der Waals surface area contributed by atoms with Crippen LogP contribution in [0.2, 0.25) is 0 Å². The van der Waals surface area contributed by atoms with Gasteiger partial charge in [0.15, 0.2) is 0 Å². The number of hydrogen-bond donors (Lipinski definition) is 2. The van der Waals surface area contributed by atoms with E-state index in [9.17, 15) is 19.7 Å². The molecule has 9 nitrogen and oxygen atoms in total. The van der Waals surface area contributed by atoms with Gasteiger partial charge >= 0.3 is 11.8 Å². The summed E-state index contributed by atoms with van der Waals surface area (Å²) < 4.78 is 1.31. The van der Waals surface area contributed by atoms with Gasteiger partial charge in [-0.2, -0.15) is 0 Å². The average Bonchev–Trinajstić information content (AvgIpc) is 2.99. The molecule has 1 aliphatic carbocycles. The summed E-state index contributed by atoms with van der Waals surface area (Å²) in [5, 5.41) is 21.9. The number of aliphatic carboxylic acids is 1. The summed E-state index contributed by atoms with van der Waals surface area (Å²) in [6.45, 7) is 1.34. The summed E-state index contributed by atoms with van der Waals surface area (Å²) >= 11 is 0. The van der Waals surface area contributed by atoms with E-state index in [4.69, 9.17) is 5.11 Å². The minimum Gasteiger partial charge on any atom is -0.480 e. The molecule has 0 aromatic carbocycles. The topological polar surface area (TPSA) is 127 Å². The Morgan fingerprint density at radius 3 is 2.68 bits per heavy atom. The molecule has 0 atom stereocenters. The molecule has 1 fully saturated rings. The molecular formula is C10H12N4O5. The largest absolute Gasteiger partial charge is 0.480 e. The van der Waals surface area contributed by atoms with Crippen LogP contribution < -0.4 is 5.32 Å². The van der Waals surface area contributed by atoms with Crippen LogP contribution in [0.25, 0.3) is 0 Å². The third-order valence-corrected chi connectivity index (χ3v) is 3.00. The first-order valence-corrected chi connectivity index (χ1v) is 5.57. The zero-order chi connectivity index (χ0) is 14.2. The molecule has 0 saturated heterocycles.